The Morgan fingerprint density at radius 1 is 1.27 bits per heavy atom. The summed E-state index contributed by atoms with van der Waals surface area (Å²) in [5.41, 5.74) is 1.17. The van der Waals surface area contributed by atoms with Crippen LogP contribution in [0.25, 0.3) is 6.08 Å². The Balaban J connectivity index is 2.73. The van der Waals surface area contributed by atoms with E-state index in [0.29, 0.717) is 5.88 Å². The van der Waals surface area contributed by atoms with E-state index in [0.717, 1.165) is 4.47 Å². The molecule has 11 heavy (non-hydrogen) atoms. The van der Waals surface area contributed by atoms with Gasteiger partial charge in [-0.05, 0) is 17.7 Å². The van der Waals surface area contributed by atoms with Gasteiger partial charge in [-0.2, -0.15) is 0 Å². The van der Waals surface area contributed by atoms with Gasteiger partial charge in [0.1, 0.15) is 0 Å². The molecule has 58 valence electrons. The van der Waals surface area contributed by atoms with Crippen molar-refractivity contribution in [1.29, 1.82) is 0 Å². The average molecular weight is 232 g/mol. The molecule has 0 spiro atoms. The van der Waals surface area contributed by atoms with E-state index in [1.165, 1.54) is 5.56 Å². The number of rotatable bonds is 2. The average Bonchev–Trinajstić information content (AvgIpc) is 2.04. The third kappa shape index (κ3) is 3.08. The molecule has 0 N–H and O–H groups in total. The number of hydrogen-bond donors (Lipinski definition) is 0. The van der Waals surface area contributed by atoms with Crippen molar-refractivity contribution < 1.29 is 0 Å². The third-order valence-corrected chi connectivity index (χ3v) is 1.98. The van der Waals surface area contributed by atoms with Crippen molar-refractivity contribution in [2.45, 2.75) is 0 Å². The first-order valence-electron chi connectivity index (χ1n) is 3.31. The first-order valence-corrected chi connectivity index (χ1v) is 4.64. The first-order chi connectivity index (χ1) is 5.33. The fraction of sp³-hybridized carbons (Fsp3) is 0.111. The summed E-state index contributed by atoms with van der Waals surface area (Å²) in [5.74, 6) is 0.566. The summed E-state index contributed by atoms with van der Waals surface area (Å²) in [4.78, 5) is 0. The molecule has 0 nitrogen and oxygen atoms in total. The van der Waals surface area contributed by atoms with Gasteiger partial charge in [-0.1, -0.05) is 40.2 Å². The molecule has 0 aromatic heterocycles. The van der Waals surface area contributed by atoms with Crippen LogP contribution in [0.3, 0.4) is 0 Å². The van der Waals surface area contributed by atoms with Gasteiger partial charge in [0.25, 0.3) is 0 Å². The lowest BCUT2D eigenvalue weighted by molar-refractivity contribution is 1.60. The molecule has 1 rings (SSSR count). The van der Waals surface area contributed by atoms with Crippen molar-refractivity contribution in [3.8, 4) is 0 Å². The Hall–Kier alpha value is -0.270. The molecule has 2 heteroatoms. The number of hydrogen-bond acceptors (Lipinski definition) is 0. The van der Waals surface area contributed by atoms with Gasteiger partial charge in [0.05, 0.1) is 0 Å². The van der Waals surface area contributed by atoms with Gasteiger partial charge in [0.2, 0.25) is 0 Å². The molecule has 0 fully saturated rings. The van der Waals surface area contributed by atoms with Crippen LogP contribution >= 0.6 is 27.5 Å². The molecular weight excluding hydrogens is 223 g/mol. The Morgan fingerprint density at radius 2 is 1.91 bits per heavy atom. The van der Waals surface area contributed by atoms with Crippen molar-refractivity contribution >= 4 is 33.6 Å². The van der Waals surface area contributed by atoms with Crippen molar-refractivity contribution in [2.24, 2.45) is 0 Å². The zero-order valence-electron chi connectivity index (χ0n) is 5.93. The Kier molecular flexibility index (Phi) is 3.67. The van der Waals surface area contributed by atoms with E-state index in [1.54, 1.807) is 0 Å². The molecule has 0 atom stereocenters. The van der Waals surface area contributed by atoms with E-state index in [9.17, 15) is 0 Å². The second-order valence-electron chi connectivity index (χ2n) is 2.11. The largest absolute Gasteiger partial charge is 0.122 e. The van der Waals surface area contributed by atoms with E-state index in [4.69, 9.17) is 11.6 Å². The molecule has 1 aromatic carbocycles. The van der Waals surface area contributed by atoms with Crippen LogP contribution in [0.2, 0.25) is 0 Å². The van der Waals surface area contributed by atoms with E-state index in [1.807, 2.05) is 36.4 Å². The zero-order chi connectivity index (χ0) is 8.10. The van der Waals surface area contributed by atoms with Crippen LogP contribution in [-0.4, -0.2) is 5.88 Å². The predicted molar refractivity (Wildman–Crippen MR) is 53.9 cm³/mol. The molecule has 0 saturated heterocycles. The maximum Gasteiger partial charge on any atom is 0.0407 e. The fourth-order valence-corrected chi connectivity index (χ4v) is 1.11. The molecule has 0 heterocycles. The van der Waals surface area contributed by atoms with Crippen LogP contribution < -0.4 is 0 Å². The van der Waals surface area contributed by atoms with Crippen LogP contribution in [0, 0.1) is 0 Å². The minimum Gasteiger partial charge on any atom is -0.122 e. The van der Waals surface area contributed by atoms with Crippen molar-refractivity contribution in [3.63, 3.8) is 0 Å². The zero-order valence-corrected chi connectivity index (χ0v) is 8.27. The normalized spacial score (nSPS) is 10.7. The smallest absolute Gasteiger partial charge is 0.0407 e. The molecule has 0 aliphatic carbocycles. The first kappa shape index (κ1) is 8.82. The molecule has 0 radical (unpaired) electrons. The summed E-state index contributed by atoms with van der Waals surface area (Å²) in [6.07, 6.45) is 3.92. The number of alkyl halides is 1. The maximum atomic E-state index is 5.49. The topological polar surface area (TPSA) is 0 Å². The number of allylic oxidation sites excluding steroid dienone is 1. The monoisotopic (exact) mass is 230 g/mol. The maximum absolute atomic E-state index is 5.49. The highest BCUT2D eigenvalue weighted by Crippen LogP contribution is 2.11. The summed E-state index contributed by atoms with van der Waals surface area (Å²) in [6, 6.07) is 8.09. The Bertz CT molecular complexity index is 238. The molecule has 0 bridgehead atoms. The molecule has 0 unspecified atom stereocenters. The van der Waals surface area contributed by atoms with Gasteiger partial charge < -0.3 is 0 Å². The molecule has 0 aliphatic heterocycles. The highest BCUT2D eigenvalue weighted by Gasteiger charge is 1.85. The van der Waals surface area contributed by atoms with Crippen molar-refractivity contribution in [2.75, 3.05) is 5.88 Å². The minimum absolute atomic E-state index is 0.566. The summed E-state index contributed by atoms with van der Waals surface area (Å²) >= 11 is 8.85. The van der Waals surface area contributed by atoms with E-state index in [2.05, 4.69) is 15.9 Å². The lowest BCUT2D eigenvalue weighted by Gasteiger charge is -1.91. The second kappa shape index (κ2) is 4.58. The summed E-state index contributed by atoms with van der Waals surface area (Å²) in [6.45, 7) is 0. The van der Waals surface area contributed by atoms with E-state index >= 15 is 0 Å². The standard InChI is InChI=1S/C9H8BrCl/c10-9-5-3-8(4-6-9)2-1-7-11/h1-6H,7H2/b2-1+. The Morgan fingerprint density at radius 3 is 2.45 bits per heavy atom. The van der Waals surface area contributed by atoms with Crippen LogP contribution in [0.15, 0.2) is 34.8 Å². The summed E-state index contributed by atoms with van der Waals surface area (Å²) in [7, 11) is 0. The van der Waals surface area contributed by atoms with Gasteiger partial charge >= 0.3 is 0 Å². The van der Waals surface area contributed by atoms with Gasteiger partial charge in [0, 0.05) is 10.4 Å². The summed E-state index contributed by atoms with van der Waals surface area (Å²) in [5, 5.41) is 0. The van der Waals surface area contributed by atoms with Gasteiger partial charge in [0.15, 0.2) is 0 Å². The quantitative estimate of drug-likeness (QED) is 0.681. The second-order valence-corrected chi connectivity index (χ2v) is 3.33. The van der Waals surface area contributed by atoms with Crippen LogP contribution in [-0.2, 0) is 0 Å². The fourth-order valence-electron chi connectivity index (χ4n) is 0.755. The van der Waals surface area contributed by atoms with E-state index in [-0.39, 0.29) is 0 Å². The van der Waals surface area contributed by atoms with Gasteiger partial charge in [-0.3, -0.25) is 0 Å². The highest BCUT2D eigenvalue weighted by molar-refractivity contribution is 9.10. The molecule has 0 saturated carbocycles. The Labute approximate surface area is 80.0 Å². The van der Waals surface area contributed by atoms with Crippen molar-refractivity contribution in [1.82, 2.24) is 0 Å². The summed E-state index contributed by atoms with van der Waals surface area (Å²) < 4.78 is 1.10. The van der Waals surface area contributed by atoms with Crippen LogP contribution in [0.1, 0.15) is 5.56 Å². The van der Waals surface area contributed by atoms with Crippen LogP contribution in [0.5, 0.6) is 0 Å². The van der Waals surface area contributed by atoms with Crippen molar-refractivity contribution in [3.05, 3.63) is 40.4 Å². The minimum atomic E-state index is 0.566. The molecular formula is C9H8BrCl. The van der Waals surface area contributed by atoms with E-state index < -0.39 is 0 Å². The molecule has 0 aliphatic rings. The predicted octanol–water partition coefficient (Wildman–Crippen LogP) is 3.70. The molecule has 1 aromatic rings. The lowest BCUT2D eigenvalue weighted by atomic mass is 10.2. The SMILES string of the molecule is ClC/C=C/c1ccc(Br)cc1. The van der Waals surface area contributed by atoms with Gasteiger partial charge in [-0.25, -0.2) is 0 Å². The lowest BCUT2D eigenvalue weighted by Crippen LogP contribution is -1.70. The van der Waals surface area contributed by atoms with Gasteiger partial charge in [-0.15, -0.1) is 11.6 Å². The van der Waals surface area contributed by atoms with Crippen LogP contribution in [0.4, 0.5) is 0 Å². The highest BCUT2D eigenvalue weighted by atomic mass is 79.9. The number of halogens is 2. The third-order valence-electron chi connectivity index (χ3n) is 1.27. The number of benzene rings is 1. The molecule has 0 amide bonds.